The third-order valence-electron chi connectivity index (χ3n) is 2.96. The molecule has 0 aromatic heterocycles. The minimum Gasteiger partial charge on any atom is -0.322 e. The zero-order valence-corrected chi connectivity index (χ0v) is 12.7. The standard InChI is InChI=1S/C16H14Cl2FNO/c17-8-2-4-11-3-1-5-13(9-11)20-16(21)14-10-12(18)6-7-15(14)19/h1,3,5-7,9-10H,2,4,8H2,(H,20,21). The van der Waals surface area contributed by atoms with Crippen LogP contribution in [-0.4, -0.2) is 11.8 Å². The van der Waals surface area contributed by atoms with Gasteiger partial charge in [-0.1, -0.05) is 23.7 Å². The molecule has 0 aliphatic heterocycles. The Labute approximate surface area is 132 Å². The molecule has 0 bridgehead atoms. The lowest BCUT2D eigenvalue weighted by molar-refractivity contribution is 0.102. The molecule has 0 fully saturated rings. The minimum absolute atomic E-state index is 0.0753. The lowest BCUT2D eigenvalue weighted by Gasteiger charge is -2.08. The zero-order valence-electron chi connectivity index (χ0n) is 11.2. The number of aryl methyl sites for hydroxylation is 1. The van der Waals surface area contributed by atoms with Crippen LogP contribution in [-0.2, 0) is 6.42 Å². The maximum Gasteiger partial charge on any atom is 0.258 e. The highest BCUT2D eigenvalue weighted by Gasteiger charge is 2.12. The van der Waals surface area contributed by atoms with E-state index in [4.69, 9.17) is 23.2 Å². The largest absolute Gasteiger partial charge is 0.322 e. The van der Waals surface area contributed by atoms with E-state index < -0.39 is 11.7 Å². The van der Waals surface area contributed by atoms with Gasteiger partial charge in [-0.25, -0.2) is 4.39 Å². The Kier molecular flexibility index (Phi) is 5.59. The number of benzene rings is 2. The van der Waals surface area contributed by atoms with Gasteiger partial charge in [0.25, 0.3) is 5.91 Å². The third kappa shape index (κ3) is 4.45. The van der Waals surface area contributed by atoms with Crippen LogP contribution in [0.1, 0.15) is 22.3 Å². The Hall–Kier alpha value is -1.58. The summed E-state index contributed by atoms with van der Waals surface area (Å²) in [5.74, 6) is -0.538. The van der Waals surface area contributed by atoms with E-state index >= 15 is 0 Å². The first-order chi connectivity index (χ1) is 10.1. The van der Waals surface area contributed by atoms with Crippen molar-refractivity contribution in [3.63, 3.8) is 0 Å². The van der Waals surface area contributed by atoms with Gasteiger partial charge in [-0.2, -0.15) is 0 Å². The van der Waals surface area contributed by atoms with Gasteiger partial charge in [-0.15, -0.1) is 11.6 Å². The fourth-order valence-electron chi connectivity index (χ4n) is 1.95. The van der Waals surface area contributed by atoms with Crippen LogP contribution in [0.3, 0.4) is 0 Å². The van der Waals surface area contributed by atoms with Crippen LogP contribution in [0.4, 0.5) is 10.1 Å². The van der Waals surface area contributed by atoms with Gasteiger partial charge >= 0.3 is 0 Å². The molecule has 21 heavy (non-hydrogen) atoms. The first-order valence-corrected chi connectivity index (χ1v) is 7.42. The summed E-state index contributed by atoms with van der Waals surface area (Å²) in [5, 5.41) is 2.99. The molecule has 0 saturated heterocycles. The molecule has 2 aromatic rings. The number of hydrogen-bond acceptors (Lipinski definition) is 1. The maximum absolute atomic E-state index is 13.6. The lowest BCUT2D eigenvalue weighted by Crippen LogP contribution is -2.13. The molecule has 2 aromatic carbocycles. The van der Waals surface area contributed by atoms with Crippen molar-refractivity contribution in [2.75, 3.05) is 11.2 Å². The highest BCUT2D eigenvalue weighted by atomic mass is 35.5. The van der Waals surface area contributed by atoms with Gasteiger partial charge in [0.2, 0.25) is 0 Å². The molecule has 0 spiro atoms. The van der Waals surface area contributed by atoms with Gasteiger partial charge in [0.05, 0.1) is 5.56 Å². The molecule has 0 unspecified atom stereocenters. The highest BCUT2D eigenvalue weighted by molar-refractivity contribution is 6.31. The van der Waals surface area contributed by atoms with Gasteiger partial charge in [0, 0.05) is 16.6 Å². The van der Waals surface area contributed by atoms with Crippen molar-refractivity contribution in [2.45, 2.75) is 12.8 Å². The smallest absolute Gasteiger partial charge is 0.258 e. The molecule has 2 rings (SSSR count). The van der Waals surface area contributed by atoms with E-state index in [2.05, 4.69) is 5.32 Å². The molecule has 0 aliphatic rings. The van der Waals surface area contributed by atoms with Crippen LogP contribution in [0.5, 0.6) is 0 Å². The van der Waals surface area contributed by atoms with E-state index in [1.165, 1.54) is 18.2 Å². The van der Waals surface area contributed by atoms with E-state index in [-0.39, 0.29) is 5.56 Å². The Morgan fingerprint density at radius 3 is 2.76 bits per heavy atom. The number of anilines is 1. The van der Waals surface area contributed by atoms with Crippen molar-refractivity contribution >= 4 is 34.8 Å². The van der Waals surface area contributed by atoms with Crippen molar-refractivity contribution in [2.24, 2.45) is 0 Å². The molecule has 0 saturated carbocycles. The molecule has 1 amide bonds. The van der Waals surface area contributed by atoms with Gasteiger partial charge < -0.3 is 5.32 Å². The second kappa shape index (κ2) is 7.43. The summed E-state index contributed by atoms with van der Waals surface area (Å²) in [6.07, 6.45) is 1.70. The molecular weight excluding hydrogens is 312 g/mol. The quantitative estimate of drug-likeness (QED) is 0.778. The molecule has 5 heteroatoms. The Bertz CT molecular complexity index is 646. The van der Waals surface area contributed by atoms with Crippen LogP contribution in [0, 0.1) is 5.82 Å². The van der Waals surface area contributed by atoms with Gasteiger partial charge in [-0.05, 0) is 48.7 Å². The van der Waals surface area contributed by atoms with Crippen LogP contribution in [0.25, 0.3) is 0 Å². The van der Waals surface area contributed by atoms with Crippen LogP contribution >= 0.6 is 23.2 Å². The van der Waals surface area contributed by atoms with E-state index in [1.807, 2.05) is 18.2 Å². The topological polar surface area (TPSA) is 29.1 Å². The van der Waals surface area contributed by atoms with Crippen LogP contribution in [0.2, 0.25) is 5.02 Å². The first-order valence-electron chi connectivity index (χ1n) is 6.51. The van der Waals surface area contributed by atoms with E-state index in [0.717, 1.165) is 18.4 Å². The molecular formula is C16H14Cl2FNO. The Morgan fingerprint density at radius 1 is 1.19 bits per heavy atom. The third-order valence-corrected chi connectivity index (χ3v) is 3.46. The number of hydrogen-bond donors (Lipinski definition) is 1. The number of nitrogens with one attached hydrogen (secondary N) is 1. The number of halogens is 3. The van der Waals surface area contributed by atoms with Crippen molar-refractivity contribution in [3.8, 4) is 0 Å². The molecule has 0 heterocycles. The SMILES string of the molecule is O=C(Nc1cccc(CCCCl)c1)c1cc(Cl)ccc1F. The molecule has 0 radical (unpaired) electrons. The summed E-state index contributed by atoms with van der Waals surface area (Å²) in [4.78, 5) is 12.1. The summed E-state index contributed by atoms with van der Waals surface area (Å²) in [7, 11) is 0. The van der Waals surface area contributed by atoms with Gasteiger partial charge in [-0.3, -0.25) is 4.79 Å². The van der Waals surface area contributed by atoms with Crippen molar-refractivity contribution in [1.82, 2.24) is 0 Å². The number of carbonyl (C=O) groups excluding carboxylic acids is 1. The average Bonchev–Trinajstić information content (AvgIpc) is 2.48. The Morgan fingerprint density at radius 2 is 2.00 bits per heavy atom. The number of amides is 1. The zero-order chi connectivity index (χ0) is 15.2. The van der Waals surface area contributed by atoms with E-state index in [9.17, 15) is 9.18 Å². The normalized spacial score (nSPS) is 10.4. The Balaban J connectivity index is 2.14. The van der Waals surface area contributed by atoms with Gasteiger partial charge in [0.15, 0.2) is 0 Å². The molecule has 1 N–H and O–H groups in total. The predicted molar refractivity (Wildman–Crippen MR) is 84.8 cm³/mol. The van der Waals surface area contributed by atoms with Gasteiger partial charge in [0.1, 0.15) is 5.82 Å². The lowest BCUT2D eigenvalue weighted by atomic mass is 10.1. The molecule has 0 atom stereocenters. The molecule has 2 nitrogen and oxygen atoms in total. The van der Waals surface area contributed by atoms with Crippen LogP contribution in [0.15, 0.2) is 42.5 Å². The fraction of sp³-hybridized carbons (Fsp3) is 0.188. The predicted octanol–water partition coefficient (Wildman–Crippen LogP) is 4.90. The van der Waals surface area contributed by atoms with Crippen molar-refractivity contribution < 1.29 is 9.18 Å². The van der Waals surface area contributed by atoms with Crippen molar-refractivity contribution in [3.05, 3.63) is 64.4 Å². The monoisotopic (exact) mass is 325 g/mol. The number of carbonyl (C=O) groups is 1. The first kappa shape index (κ1) is 15.8. The van der Waals surface area contributed by atoms with E-state index in [0.29, 0.717) is 16.6 Å². The summed E-state index contributed by atoms with van der Waals surface area (Å²) >= 11 is 11.5. The minimum atomic E-state index is -0.602. The summed E-state index contributed by atoms with van der Waals surface area (Å²) in [6.45, 7) is 0. The maximum atomic E-state index is 13.6. The highest BCUT2D eigenvalue weighted by Crippen LogP contribution is 2.18. The second-order valence-electron chi connectivity index (χ2n) is 4.57. The van der Waals surface area contributed by atoms with Crippen LogP contribution < -0.4 is 5.32 Å². The summed E-state index contributed by atoms with van der Waals surface area (Å²) < 4.78 is 13.6. The van der Waals surface area contributed by atoms with Crippen molar-refractivity contribution in [1.29, 1.82) is 0 Å². The summed E-state index contributed by atoms with van der Waals surface area (Å²) in [6, 6.07) is 11.3. The summed E-state index contributed by atoms with van der Waals surface area (Å²) in [5.41, 5.74) is 1.61. The molecule has 0 aliphatic carbocycles. The molecule has 110 valence electrons. The second-order valence-corrected chi connectivity index (χ2v) is 5.39. The average molecular weight is 326 g/mol. The van der Waals surface area contributed by atoms with E-state index in [1.54, 1.807) is 6.07 Å². The number of rotatable bonds is 5. The fourth-order valence-corrected chi connectivity index (χ4v) is 2.25. The number of alkyl halides is 1.